The predicted molar refractivity (Wildman–Crippen MR) is 111 cm³/mol. The van der Waals surface area contributed by atoms with Crippen LogP contribution >= 0.6 is 0 Å². The minimum absolute atomic E-state index is 0.00847. The van der Waals surface area contributed by atoms with Gasteiger partial charge in [0.1, 0.15) is 5.76 Å². The standard InChI is InChI=1S/C22H18F3N5O3/c1-13-20(14(2)32-28-13)16-6-3-5-15(9-16)11-30-12-19(33-29-30)27-21(31)26-18-8-4-7-17(10-18)22(23,24)25/h3-10,12H,11H2,1-2H3,(H-,26,27,29,31)/p+1. The molecule has 0 aliphatic heterocycles. The van der Waals surface area contributed by atoms with Crippen LogP contribution in [0.25, 0.3) is 11.1 Å². The van der Waals surface area contributed by atoms with Crippen molar-refractivity contribution in [3.05, 3.63) is 77.3 Å². The van der Waals surface area contributed by atoms with Crippen molar-refractivity contribution in [2.24, 2.45) is 0 Å². The van der Waals surface area contributed by atoms with E-state index in [0.29, 0.717) is 6.54 Å². The van der Waals surface area contributed by atoms with Crippen molar-refractivity contribution >= 4 is 17.6 Å². The molecule has 0 fully saturated rings. The molecule has 0 atom stereocenters. The zero-order chi connectivity index (χ0) is 23.6. The third-order valence-electron chi connectivity index (χ3n) is 4.79. The number of urea groups is 1. The molecule has 0 aliphatic rings. The first-order valence-electron chi connectivity index (χ1n) is 9.83. The summed E-state index contributed by atoms with van der Waals surface area (Å²) in [6.07, 6.45) is -3.04. The number of hydrogen-bond acceptors (Lipinski definition) is 5. The second-order valence-electron chi connectivity index (χ2n) is 7.32. The van der Waals surface area contributed by atoms with Gasteiger partial charge in [-0.05, 0) is 48.4 Å². The number of amides is 2. The molecule has 0 spiro atoms. The Morgan fingerprint density at radius 2 is 1.85 bits per heavy atom. The molecule has 8 nitrogen and oxygen atoms in total. The lowest BCUT2D eigenvalue weighted by Gasteiger charge is -2.09. The third-order valence-corrected chi connectivity index (χ3v) is 4.79. The molecule has 2 heterocycles. The van der Waals surface area contributed by atoms with Gasteiger partial charge in [-0.2, -0.15) is 13.2 Å². The van der Waals surface area contributed by atoms with E-state index in [4.69, 9.17) is 9.05 Å². The average Bonchev–Trinajstić information content (AvgIpc) is 3.33. The Balaban J connectivity index is 1.41. The maximum absolute atomic E-state index is 12.8. The van der Waals surface area contributed by atoms with Gasteiger partial charge in [0, 0.05) is 16.8 Å². The van der Waals surface area contributed by atoms with E-state index >= 15 is 0 Å². The number of carbonyl (C=O) groups excluding carboxylic acids is 1. The minimum atomic E-state index is -4.51. The molecule has 0 radical (unpaired) electrons. The number of hydrogen-bond donors (Lipinski definition) is 2. The molecular formula is C22H19F3N5O3+. The number of rotatable bonds is 5. The van der Waals surface area contributed by atoms with Crippen LogP contribution in [0, 0.1) is 13.8 Å². The van der Waals surface area contributed by atoms with Gasteiger partial charge < -0.3 is 9.84 Å². The summed E-state index contributed by atoms with van der Waals surface area (Å²) in [6, 6.07) is 11.3. The lowest BCUT2D eigenvalue weighted by molar-refractivity contribution is -0.754. The largest absolute Gasteiger partial charge is 0.416 e. The van der Waals surface area contributed by atoms with Crippen molar-refractivity contribution in [1.82, 2.24) is 10.4 Å². The topological polar surface area (TPSA) is 97.1 Å². The Kier molecular flexibility index (Phi) is 5.86. The van der Waals surface area contributed by atoms with Gasteiger partial charge in [0.05, 0.1) is 11.3 Å². The monoisotopic (exact) mass is 458 g/mol. The van der Waals surface area contributed by atoms with Crippen LogP contribution in [0.1, 0.15) is 22.6 Å². The van der Waals surface area contributed by atoms with E-state index in [1.54, 1.807) is 0 Å². The van der Waals surface area contributed by atoms with Crippen LogP contribution in [-0.2, 0) is 12.7 Å². The smallest absolute Gasteiger partial charge is 0.361 e. The van der Waals surface area contributed by atoms with Crippen LogP contribution in [0.5, 0.6) is 0 Å². The second-order valence-corrected chi connectivity index (χ2v) is 7.32. The van der Waals surface area contributed by atoms with Crippen molar-refractivity contribution in [2.45, 2.75) is 26.6 Å². The van der Waals surface area contributed by atoms with E-state index in [2.05, 4.69) is 21.1 Å². The number of aromatic nitrogens is 3. The van der Waals surface area contributed by atoms with Crippen LogP contribution in [0.3, 0.4) is 0 Å². The maximum atomic E-state index is 12.8. The molecule has 0 bridgehead atoms. The van der Waals surface area contributed by atoms with E-state index in [-0.39, 0.29) is 11.6 Å². The van der Waals surface area contributed by atoms with Crippen molar-refractivity contribution in [2.75, 3.05) is 10.6 Å². The van der Waals surface area contributed by atoms with Gasteiger partial charge in [-0.25, -0.2) is 4.79 Å². The normalized spacial score (nSPS) is 11.4. The van der Waals surface area contributed by atoms with Crippen LogP contribution in [0.4, 0.5) is 29.5 Å². The highest BCUT2D eigenvalue weighted by Gasteiger charge is 2.30. The van der Waals surface area contributed by atoms with Crippen LogP contribution < -0.4 is 15.3 Å². The van der Waals surface area contributed by atoms with Gasteiger partial charge in [0.25, 0.3) is 6.20 Å². The fourth-order valence-corrected chi connectivity index (χ4v) is 3.36. The predicted octanol–water partition coefficient (Wildman–Crippen LogP) is 4.95. The highest BCUT2D eigenvalue weighted by atomic mass is 19.4. The third kappa shape index (κ3) is 5.20. The zero-order valence-corrected chi connectivity index (χ0v) is 17.6. The first-order valence-corrected chi connectivity index (χ1v) is 9.83. The number of alkyl halides is 3. The molecule has 0 saturated carbocycles. The van der Waals surface area contributed by atoms with Crippen LogP contribution in [-0.4, -0.2) is 16.5 Å². The summed E-state index contributed by atoms with van der Waals surface area (Å²) in [5.41, 5.74) is 2.72. The Morgan fingerprint density at radius 1 is 1.06 bits per heavy atom. The number of nitrogens with zero attached hydrogens (tertiary/aromatic N) is 3. The maximum Gasteiger partial charge on any atom is 0.416 e. The molecule has 11 heteroatoms. The van der Waals surface area contributed by atoms with Gasteiger partial charge in [0.15, 0.2) is 0 Å². The van der Waals surface area contributed by atoms with E-state index in [1.165, 1.54) is 23.0 Å². The molecule has 2 aromatic carbocycles. The van der Waals surface area contributed by atoms with Crippen molar-refractivity contribution in [3.8, 4) is 11.1 Å². The molecule has 33 heavy (non-hydrogen) atoms. The first-order chi connectivity index (χ1) is 15.7. The Labute approximate surface area is 186 Å². The van der Waals surface area contributed by atoms with Crippen molar-refractivity contribution in [3.63, 3.8) is 0 Å². The van der Waals surface area contributed by atoms with Gasteiger partial charge in [0.2, 0.25) is 11.8 Å². The summed E-state index contributed by atoms with van der Waals surface area (Å²) in [4.78, 5) is 12.1. The Hall–Kier alpha value is -4.15. The average molecular weight is 458 g/mol. The summed E-state index contributed by atoms with van der Waals surface area (Å²) in [5.74, 6) is 0.748. The summed E-state index contributed by atoms with van der Waals surface area (Å²) < 4.78 is 50.3. The van der Waals surface area contributed by atoms with Crippen LogP contribution in [0.2, 0.25) is 0 Å². The summed E-state index contributed by atoms with van der Waals surface area (Å²) in [5, 5.41) is 12.6. The quantitative estimate of drug-likeness (QED) is 0.413. The molecule has 0 unspecified atom stereocenters. The number of aryl methyl sites for hydroxylation is 2. The van der Waals surface area contributed by atoms with E-state index < -0.39 is 17.8 Å². The first kappa shape index (κ1) is 22.1. The molecule has 4 aromatic rings. The second kappa shape index (κ2) is 8.77. The Morgan fingerprint density at radius 3 is 2.58 bits per heavy atom. The highest BCUT2D eigenvalue weighted by molar-refractivity contribution is 5.98. The summed E-state index contributed by atoms with van der Waals surface area (Å²) in [6.45, 7) is 4.07. The minimum Gasteiger partial charge on any atom is -0.361 e. The molecule has 4 rings (SSSR count). The molecule has 2 aromatic heterocycles. The number of benzene rings is 2. The van der Waals surface area contributed by atoms with Gasteiger partial charge in [-0.1, -0.05) is 29.4 Å². The number of halogens is 3. The van der Waals surface area contributed by atoms with E-state index in [9.17, 15) is 18.0 Å². The number of anilines is 2. The fourth-order valence-electron chi connectivity index (χ4n) is 3.36. The van der Waals surface area contributed by atoms with E-state index in [0.717, 1.165) is 40.3 Å². The molecule has 0 saturated heterocycles. The molecule has 2 amide bonds. The molecule has 170 valence electrons. The van der Waals surface area contributed by atoms with Crippen molar-refractivity contribution < 1.29 is 31.7 Å². The fraction of sp³-hybridized carbons (Fsp3) is 0.182. The van der Waals surface area contributed by atoms with Crippen molar-refractivity contribution in [1.29, 1.82) is 0 Å². The van der Waals surface area contributed by atoms with E-state index in [1.807, 2.05) is 38.1 Å². The number of carbonyl (C=O) groups is 1. The van der Waals surface area contributed by atoms with Gasteiger partial charge in [-0.3, -0.25) is 9.84 Å². The lowest BCUT2D eigenvalue weighted by atomic mass is 10.0. The summed E-state index contributed by atoms with van der Waals surface area (Å²) in [7, 11) is 0. The van der Waals surface area contributed by atoms with Gasteiger partial charge in [-0.15, -0.1) is 0 Å². The zero-order valence-electron chi connectivity index (χ0n) is 17.6. The molecule has 0 aliphatic carbocycles. The SMILES string of the molecule is Cc1noc(C)c1-c1cccc(C[n+]2cc(NC(=O)Nc3cccc(C(F)(F)F)c3)on2)c1. The molecular weight excluding hydrogens is 439 g/mol. The highest BCUT2D eigenvalue weighted by Crippen LogP contribution is 2.30. The number of nitrogens with one attached hydrogen (secondary N) is 2. The Bertz CT molecular complexity index is 1280. The molecule has 2 N–H and O–H groups in total. The summed E-state index contributed by atoms with van der Waals surface area (Å²) >= 11 is 0. The van der Waals surface area contributed by atoms with Gasteiger partial charge >= 0.3 is 18.1 Å². The van der Waals surface area contributed by atoms with Crippen LogP contribution in [0.15, 0.2) is 63.8 Å². The lowest BCUT2D eigenvalue weighted by Crippen LogP contribution is -2.35.